The predicted octanol–water partition coefficient (Wildman–Crippen LogP) is 4.07. The van der Waals surface area contributed by atoms with Crippen LogP contribution in [0.15, 0.2) is 28.0 Å². The van der Waals surface area contributed by atoms with E-state index in [4.69, 9.17) is 4.42 Å². The standard InChI is InChI=1S/C15H12FNO2S/c1-8-12-5-10(16)3-4-14(12)19-15(8)13(18)6-11-7-20-9(2)17-11/h3-5,7H,6H2,1-2H3. The van der Waals surface area contributed by atoms with Crippen molar-refractivity contribution >= 4 is 28.1 Å². The largest absolute Gasteiger partial charge is 0.453 e. The minimum Gasteiger partial charge on any atom is -0.453 e. The molecule has 3 rings (SSSR count). The molecule has 0 spiro atoms. The fourth-order valence-electron chi connectivity index (χ4n) is 2.19. The molecule has 2 aromatic heterocycles. The summed E-state index contributed by atoms with van der Waals surface area (Å²) in [6, 6.07) is 4.25. The molecule has 0 radical (unpaired) electrons. The van der Waals surface area contributed by atoms with Gasteiger partial charge in [0, 0.05) is 16.3 Å². The van der Waals surface area contributed by atoms with E-state index >= 15 is 0 Å². The van der Waals surface area contributed by atoms with E-state index in [2.05, 4.69) is 4.98 Å². The smallest absolute Gasteiger partial charge is 0.204 e. The lowest BCUT2D eigenvalue weighted by atomic mass is 10.1. The van der Waals surface area contributed by atoms with E-state index in [1.165, 1.54) is 23.5 Å². The van der Waals surface area contributed by atoms with Crippen molar-refractivity contribution in [1.82, 2.24) is 4.98 Å². The van der Waals surface area contributed by atoms with Crippen molar-refractivity contribution in [3.05, 3.63) is 51.4 Å². The molecule has 3 nitrogen and oxygen atoms in total. The van der Waals surface area contributed by atoms with Crippen LogP contribution in [-0.4, -0.2) is 10.8 Å². The molecule has 0 aliphatic rings. The Morgan fingerprint density at radius 3 is 2.90 bits per heavy atom. The van der Waals surface area contributed by atoms with Crippen LogP contribution in [0.25, 0.3) is 11.0 Å². The van der Waals surface area contributed by atoms with Gasteiger partial charge in [0.2, 0.25) is 5.78 Å². The second-order valence-electron chi connectivity index (χ2n) is 4.65. The van der Waals surface area contributed by atoms with Crippen LogP contribution in [0.3, 0.4) is 0 Å². The van der Waals surface area contributed by atoms with E-state index in [0.29, 0.717) is 16.5 Å². The lowest BCUT2D eigenvalue weighted by Gasteiger charge is -1.96. The summed E-state index contributed by atoms with van der Waals surface area (Å²) in [5.74, 6) is -0.184. The minimum atomic E-state index is -0.337. The topological polar surface area (TPSA) is 43.1 Å². The molecule has 0 aliphatic heterocycles. The SMILES string of the molecule is Cc1nc(CC(=O)c2oc3ccc(F)cc3c2C)cs1. The van der Waals surface area contributed by atoms with Gasteiger partial charge in [-0.15, -0.1) is 11.3 Å². The number of carbonyl (C=O) groups is 1. The van der Waals surface area contributed by atoms with E-state index in [9.17, 15) is 9.18 Å². The number of rotatable bonds is 3. The van der Waals surface area contributed by atoms with Gasteiger partial charge < -0.3 is 4.42 Å². The second kappa shape index (κ2) is 4.83. The van der Waals surface area contributed by atoms with Crippen molar-refractivity contribution in [3.63, 3.8) is 0 Å². The maximum Gasteiger partial charge on any atom is 0.204 e. The summed E-state index contributed by atoms with van der Waals surface area (Å²) >= 11 is 1.51. The van der Waals surface area contributed by atoms with Gasteiger partial charge in [-0.25, -0.2) is 9.37 Å². The van der Waals surface area contributed by atoms with Gasteiger partial charge >= 0.3 is 0 Å². The molecule has 20 heavy (non-hydrogen) atoms. The molecule has 0 saturated carbocycles. The number of hydrogen-bond donors (Lipinski definition) is 0. The van der Waals surface area contributed by atoms with Gasteiger partial charge in [0.25, 0.3) is 0 Å². The van der Waals surface area contributed by atoms with Gasteiger partial charge in [-0.1, -0.05) is 0 Å². The monoisotopic (exact) mass is 289 g/mol. The van der Waals surface area contributed by atoms with Crippen LogP contribution < -0.4 is 0 Å². The van der Waals surface area contributed by atoms with E-state index in [0.717, 1.165) is 10.7 Å². The first-order valence-corrected chi connectivity index (χ1v) is 7.05. The molecule has 0 atom stereocenters. The quantitative estimate of drug-likeness (QED) is 0.683. The highest BCUT2D eigenvalue weighted by Gasteiger charge is 2.19. The number of hydrogen-bond acceptors (Lipinski definition) is 4. The third-order valence-electron chi connectivity index (χ3n) is 3.16. The van der Waals surface area contributed by atoms with Crippen LogP contribution in [0.5, 0.6) is 0 Å². The summed E-state index contributed by atoms with van der Waals surface area (Å²) in [4.78, 5) is 16.5. The third kappa shape index (κ3) is 2.25. The summed E-state index contributed by atoms with van der Waals surface area (Å²) in [6.45, 7) is 3.67. The molecule has 2 heterocycles. The third-order valence-corrected chi connectivity index (χ3v) is 3.98. The summed E-state index contributed by atoms with van der Waals surface area (Å²) in [6.07, 6.45) is 0.202. The van der Waals surface area contributed by atoms with Gasteiger partial charge in [-0.05, 0) is 32.0 Å². The molecule has 0 saturated heterocycles. The van der Waals surface area contributed by atoms with E-state index in [1.807, 2.05) is 12.3 Å². The normalized spacial score (nSPS) is 11.2. The van der Waals surface area contributed by atoms with Gasteiger partial charge in [-0.2, -0.15) is 0 Å². The molecular weight excluding hydrogens is 277 g/mol. The van der Waals surface area contributed by atoms with Crippen LogP contribution in [0.4, 0.5) is 4.39 Å². The number of fused-ring (bicyclic) bond motifs is 1. The van der Waals surface area contributed by atoms with Crippen LogP contribution in [0.2, 0.25) is 0 Å². The first-order valence-electron chi connectivity index (χ1n) is 6.17. The minimum absolute atomic E-state index is 0.135. The molecule has 102 valence electrons. The summed E-state index contributed by atoms with van der Waals surface area (Å²) in [7, 11) is 0. The van der Waals surface area contributed by atoms with E-state index < -0.39 is 0 Å². The van der Waals surface area contributed by atoms with Crippen molar-refractivity contribution in [2.24, 2.45) is 0 Å². The summed E-state index contributed by atoms with van der Waals surface area (Å²) < 4.78 is 18.8. The lowest BCUT2D eigenvalue weighted by molar-refractivity contribution is 0.0967. The Bertz CT molecular complexity index is 803. The molecule has 0 fully saturated rings. The second-order valence-corrected chi connectivity index (χ2v) is 5.72. The first-order chi connectivity index (χ1) is 9.54. The average Bonchev–Trinajstić information content (AvgIpc) is 2.94. The van der Waals surface area contributed by atoms with Crippen LogP contribution >= 0.6 is 11.3 Å². The number of carbonyl (C=O) groups excluding carboxylic acids is 1. The Hall–Kier alpha value is -2.01. The molecule has 0 N–H and O–H groups in total. The number of aryl methyl sites for hydroxylation is 2. The number of Topliss-reactive ketones (excluding diaryl/α,β-unsaturated/α-hetero) is 1. The Morgan fingerprint density at radius 2 is 2.20 bits per heavy atom. The molecule has 0 aliphatic carbocycles. The zero-order valence-corrected chi connectivity index (χ0v) is 11.9. The maximum atomic E-state index is 13.2. The van der Waals surface area contributed by atoms with Crippen molar-refractivity contribution in [1.29, 1.82) is 0 Å². The van der Waals surface area contributed by atoms with Crippen molar-refractivity contribution in [2.75, 3.05) is 0 Å². The zero-order valence-electron chi connectivity index (χ0n) is 11.1. The summed E-state index contributed by atoms with van der Waals surface area (Å²) in [5, 5.41) is 3.43. The number of aromatic nitrogens is 1. The number of ketones is 1. The molecular formula is C15H12FNO2S. The lowest BCUT2D eigenvalue weighted by Crippen LogP contribution is -2.04. The van der Waals surface area contributed by atoms with Crippen molar-refractivity contribution in [2.45, 2.75) is 20.3 Å². The van der Waals surface area contributed by atoms with Gasteiger partial charge in [0.05, 0.1) is 17.1 Å². The Labute approximate surface area is 119 Å². The predicted molar refractivity (Wildman–Crippen MR) is 75.8 cm³/mol. The first kappa shape index (κ1) is 13.0. The molecule has 1 aromatic carbocycles. The molecule has 3 aromatic rings. The molecule has 5 heteroatoms. The van der Waals surface area contributed by atoms with E-state index in [-0.39, 0.29) is 23.8 Å². The highest BCUT2D eigenvalue weighted by molar-refractivity contribution is 7.09. The van der Waals surface area contributed by atoms with Crippen LogP contribution in [0.1, 0.15) is 26.8 Å². The fourth-order valence-corrected chi connectivity index (χ4v) is 2.81. The van der Waals surface area contributed by atoms with Crippen LogP contribution in [0, 0.1) is 19.7 Å². The summed E-state index contributed by atoms with van der Waals surface area (Å²) in [5.41, 5.74) is 1.95. The van der Waals surface area contributed by atoms with E-state index in [1.54, 1.807) is 13.0 Å². The number of halogens is 1. The van der Waals surface area contributed by atoms with Crippen LogP contribution in [-0.2, 0) is 6.42 Å². The number of furan rings is 1. The number of nitrogens with zero attached hydrogens (tertiary/aromatic N) is 1. The van der Waals surface area contributed by atoms with Crippen molar-refractivity contribution < 1.29 is 13.6 Å². The average molecular weight is 289 g/mol. The van der Waals surface area contributed by atoms with Gasteiger partial charge in [-0.3, -0.25) is 4.79 Å². The fraction of sp³-hybridized carbons (Fsp3) is 0.200. The highest BCUT2D eigenvalue weighted by Crippen LogP contribution is 2.27. The molecule has 0 amide bonds. The highest BCUT2D eigenvalue weighted by atomic mass is 32.1. The Morgan fingerprint density at radius 1 is 1.40 bits per heavy atom. The molecule has 0 bridgehead atoms. The molecule has 0 unspecified atom stereocenters. The van der Waals surface area contributed by atoms with Gasteiger partial charge in [0.15, 0.2) is 5.76 Å². The maximum absolute atomic E-state index is 13.2. The Kier molecular flexibility index (Phi) is 3.14. The van der Waals surface area contributed by atoms with Crippen molar-refractivity contribution in [3.8, 4) is 0 Å². The van der Waals surface area contributed by atoms with Gasteiger partial charge in [0.1, 0.15) is 11.4 Å². The Balaban J connectivity index is 1.97. The number of benzene rings is 1. The number of thiazole rings is 1. The zero-order chi connectivity index (χ0) is 14.3.